The third-order valence-corrected chi connectivity index (χ3v) is 7.26. The van der Waals surface area contributed by atoms with Crippen LogP contribution in [0.1, 0.15) is 23.1 Å². The zero-order valence-corrected chi connectivity index (χ0v) is 18.7. The topological polar surface area (TPSA) is 80.0 Å². The second kappa shape index (κ2) is 8.69. The van der Waals surface area contributed by atoms with Crippen LogP contribution in [0.4, 0.5) is 8.78 Å². The summed E-state index contributed by atoms with van der Waals surface area (Å²) in [5, 5.41) is 16.8. The van der Waals surface area contributed by atoms with Gasteiger partial charge in [0.05, 0.1) is 17.9 Å². The molecule has 0 saturated carbocycles. The first-order valence-corrected chi connectivity index (χ1v) is 11.4. The molecule has 10 heteroatoms. The van der Waals surface area contributed by atoms with Crippen molar-refractivity contribution in [3.8, 4) is 10.7 Å². The van der Waals surface area contributed by atoms with Crippen LogP contribution < -0.4 is 0 Å². The Morgan fingerprint density at radius 1 is 1.24 bits per heavy atom. The predicted molar refractivity (Wildman–Crippen MR) is 119 cm³/mol. The minimum Gasteiger partial charge on any atom is -0.381 e. The fraction of sp³-hybridized carbons (Fsp3) is 0.304. The highest BCUT2D eigenvalue weighted by Gasteiger charge is 2.43. The summed E-state index contributed by atoms with van der Waals surface area (Å²) in [7, 11) is 0. The van der Waals surface area contributed by atoms with Crippen molar-refractivity contribution in [2.45, 2.75) is 38.1 Å². The van der Waals surface area contributed by atoms with E-state index in [1.54, 1.807) is 17.5 Å². The summed E-state index contributed by atoms with van der Waals surface area (Å²) in [4.78, 5) is 16.3. The first-order valence-electron chi connectivity index (χ1n) is 10.6. The Morgan fingerprint density at radius 2 is 2.12 bits per heavy atom. The number of hydrogen-bond acceptors (Lipinski definition) is 7. The van der Waals surface area contributed by atoms with E-state index in [4.69, 9.17) is 4.98 Å². The molecule has 3 aromatic heterocycles. The maximum absolute atomic E-state index is 14.9. The average Bonchev–Trinajstić information content (AvgIpc) is 3.48. The number of aromatic nitrogens is 5. The monoisotopic (exact) mass is 468 g/mol. The van der Waals surface area contributed by atoms with Crippen molar-refractivity contribution >= 4 is 11.3 Å². The SMILES string of the molecule is C[C@@H](N1CCc2nc(-c3ccccn3)sc2C1)[C@](O)(Cn1cncn1)c1ccc(F)cc1F. The molecule has 0 saturated heterocycles. The van der Waals surface area contributed by atoms with Crippen molar-refractivity contribution < 1.29 is 13.9 Å². The number of thiazole rings is 1. The molecule has 1 aliphatic rings. The predicted octanol–water partition coefficient (Wildman–Crippen LogP) is 3.41. The molecule has 7 nitrogen and oxygen atoms in total. The molecule has 0 spiro atoms. The van der Waals surface area contributed by atoms with Crippen LogP contribution in [0.3, 0.4) is 0 Å². The second-order valence-corrected chi connectivity index (χ2v) is 9.23. The van der Waals surface area contributed by atoms with Crippen LogP contribution in [-0.2, 0) is 25.1 Å². The zero-order valence-electron chi connectivity index (χ0n) is 17.9. The number of rotatable bonds is 6. The van der Waals surface area contributed by atoms with E-state index < -0.39 is 23.3 Å². The van der Waals surface area contributed by atoms with E-state index in [9.17, 15) is 13.9 Å². The summed E-state index contributed by atoms with van der Waals surface area (Å²) in [6.07, 6.45) is 5.27. The summed E-state index contributed by atoms with van der Waals surface area (Å²) in [5.74, 6) is -1.49. The highest BCUT2D eigenvalue weighted by atomic mass is 32.1. The number of halogens is 2. The van der Waals surface area contributed by atoms with Crippen LogP contribution in [0.25, 0.3) is 10.7 Å². The Bertz CT molecular complexity index is 1250. The summed E-state index contributed by atoms with van der Waals surface area (Å²) in [5.41, 5.74) is 0.206. The Kier molecular flexibility index (Phi) is 5.73. The molecule has 1 aromatic carbocycles. The van der Waals surface area contributed by atoms with Gasteiger partial charge in [0.25, 0.3) is 0 Å². The van der Waals surface area contributed by atoms with E-state index in [2.05, 4.69) is 20.0 Å². The summed E-state index contributed by atoms with van der Waals surface area (Å²) < 4.78 is 29.9. The van der Waals surface area contributed by atoms with Crippen LogP contribution in [-0.4, -0.2) is 47.3 Å². The van der Waals surface area contributed by atoms with Gasteiger partial charge in [0, 0.05) is 48.3 Å². The fourth-order valence-electron chi connectivity index (χ4n) is 4.29. The van der Waals surface area contributed by atoms with Crippen molar-refractivity contribution in [3.05, 3.63) is 83.0 Å². The minimum atomic E-state index is -1.67. The third-order valence-electron chi connectivity index (χ3n) is 6.15. The molecule has 0 bridgehead atoms. The van der Waals surface area contributed by atoms with Gasteiger partial charge in [0.2, 0.25) is 0 Å². The smallest absolute Gasteiger partial charge is 0.142 e. The molecule has 0 amide bonds. The quantitative estimate of drug-likeness (QED) is 0.467. The van der Waals surface area contributed by atoms with Crippen molar-refractivity contribution in [1.82, 2.24) is 29.6 Å². The number of fused-ring (bicyclic) bond motifs is 1. The van der Waals surface area contributed by atoms with Gasteiger partial charge in [0.15, 0.2) is 0 Å². The zero-order chi connectivity index (χ0) is 23.0. The van der Waals surface area contributed by atoms with Gasteiger partial charge in [-0.05, 0) is 25.1 Å². The number of aliphatic hydroxyl groups is 1. The van der Waals surface area contributed by atoms with Crippen LogP contribution in [0.15, 0.2) is 55.2 Å². The normalized spacial score (nSPS) is 16.8. The maximum Gasteiger partial charge on any atom is 0.142 e. The fourth-order valence-corrected chi connectivity index (χ4v) is 5.40. The molecule has 4 aromatic rings. The first-order chi connectivity index (χ1) is 15.9. The first kappa shape index (κ1) is 21.7. The van der Waals surface area contributed by atoms with E-state index in [-0.39, 0.29) is 12.1 Å². The Balaban J connectivity index is 1.46. The van der Waals surface area contributed by atoms with E-state index in [1.165, 1.54) is 23.4 Å². The van der Waals surface area contributed by atoms with Gasteiger partial charge in [-0.2, -0.15) is 5.10 Å². The van der Waals surface area contributed by atoms with Gasteiger partial charge in [-0.25, -0.2) is 23.4 Å². The molecule has 0 fully saturated rings. The Labute approximate surface area is 193 Å². The molecule has 0 aliphatic carbocycles. The summed E-state index contributed by atoms with van der Waals surface area (Å²) >= 11 is 1.58. The summed E-state index contributed by atoms with van der Waals surface area (Å²) in [6, 6.07) is 8.48. The average molecular weight is 469 g/mol. The molecule has 1 N–H and O–H groups in total. The van der Waals surface area contributed by atoms with E-state index >= 15 is 0 Å². The number of pyridine rings is 1. The molecule has 4 heterocycles. The molecule has 2 atom stereocenters. The van der Waals surface area contributed by atoms with Gasteiger partial charge in [0.1, 0.15) is 34.9 Å². The number of nitrogens with zero attached hydrogens (tertiary/aromatic N) is 6. The molecule has 5 rings (SSSR count). The van der Waals surface area contributed by atoms with Gasteiger partial charge >= 0.3 is 0 Å². The lowest BCUT2D eigenvalue weighted by molar-refractivity contribution is -0.0675. The lowest BCUT2D eigenvalue weighted by atomic mass is 9.85. The molecule has 170 valence electrons. The lowest BCUT2D eigenvalue weighted by Crippen LogP contribution is -2.53. The van der Waals surface area contributed by atoms with Crippen LogP contribution in [0.2, 0.25) is 0 Å². The van der Waals surface area contributed by atoms with Crippen molar-refractivity contribution in [2.24, 2.45) is 0 Å². The standard InChI is InChI=1S/C23H22F2N6OS/c1-15(23(32,12-31-14-26-13-28-31)17-6-5-16(24)10-18(17)25)30-9-7-19-21(11-30)33-22(29-19)20-4-2-3-8-27-20/h2-6,8,10,13-15,32H,7,9,11-12H2,1H3/t15-,23-/m1/s1. The van der Waals surface area contributed by atoms with Gasteiger partial charge in [-0.15, -0.1) is 11.3 Å². The molecular weight excluding hydrogens is 446 g/mol. The number of hydrogen-bond donors (Lipinski definition) is 1. The van der Waals surface area contributed by atoms with Crippen molar-refractivity contribution in [1.29, 1.82) is 0 Å². The molecule has 33 heavy (non-hydrogen) atoms. The second-order valence-electron chi connectivity index (χ2n) is 8.14. The van der Waals surface area contributed by atoms with E-state index in [1.807, 2.05) is 25.1 Å². The molecule has 0 unspecified atom stereocenters. The van der Waals surface area contributed by atoms with Crippen LogP contribution in [0, 0.1) is 11.6 Å². The summed E-state index contributed by atoms with van der Waals surface area (Å²) in [6.45, 7) is 3.03. The largest absolute Gasteiger partial charge is 0.381 e. The van der Waals surface area contributed by atoms with Crippen LogP contribution in [0.5, 0.6) is 0 Å². The molecular formula is C23H22F2N6OS. The van der Waals surface area contributed by atoms with Gasteiger partial charge < -0.3 is 5.11 Å². The highest BCUT2D eigenvalue weighted by Crippen LogP contribution is 2.37. The lowest BCUT2D eigenvalue weighted by Gasteiger charge is -2.42. The molecule has 0 radical (unpaired) electrons. The van der Waals surface area contributed by atoms with Crippen LogP contribution >= 0.6 is 11.3 Å². The Morgan fingerprint density at radius 3 is 2.85 bits per heavy atom. The third kappa shape index (κ3) is 4.17. The van der Waals surface area contributed by atoms with Crippen molar-refractivity contribution in [3.63, 3.8) is 0 Å². The highest BCUT2D eigenvalue weighted by molar-refractivity contribution is 7.15. The van der Waals surface area contributed by atoms with E-state index in [0.29, 0.717) is 19.5 Å². The molecule has 1 aliphatic heterocycles. The van der Waals surface area contributed by atoms with E-state index in [0.717, 1.165) is 33.4 Å². The van der Waals surface area contributed by atoms with Gasteiger partial charge in [-0.1, -0.05) is 12.1 Å². The minimum absolute atomic E-state index is 0.0242. The van der Waals surface area contributed by atoms with Crippen molar-refractivity contribution in [2.75, 3.05) is 6.54 Å². The maximum atomic E-state index is 14.9. The Hall–Kier alpha value is -3.08. The number of benzene rings is 1. The van der Waals surface area contributed by atoms with Gasteiger partial charge in [-0.3, -0.25) is 9.88 Å².